The van der Waals surface area contributed by atoms with Gasteiger partial charge in [0.25, 0.3) is 5.56 Å². The van der Waals surface area contributed by atoms with E-state index in [1.54, 1.807) is 72.3 Å². The number of hydrogen-bond acceptors (Lipinski definition) is 7. The van der Waals surface area contributed by atoms with Crippen LogP contribution in [0.15, 0.2) is 86.3 Å². The van der Waals surface area contributed by atoms with Crippen LogP contribution in [0.5, 0.6) is 5.75 Å². The minimum atomic E-state index is -0.525. The van der Waals surface area contributed by atoms with Gasteiger partial charge in [0.2, 0.25) is 5.91 Å². The molecular weight excluding hydrogens is 506 g/mol. The standard InChI is InChI=1S/C28H23N3O6S/c1-36-24-9-6-19(17-32)13-20(24)16-30-23-10-12-38-26(23)27(34)31(28(30)35)21-7-4-18(5-8-21)14-25(33)29-15-22-3-2-11-37-22/h2-13,17H,14-16H2,1H3,(H,29,33). The van der Waals surface area contributed by atoms with E-state index >= 15 is 0 Å². The number of hydrogen-bond donors (Lipinski definition) is 1. The van der Waals surface area contributed by atoms with E-state index in [0.29, 0.717) is 45.1 Å². The molecule has 0 spiro atoms. The quantitative estimate of drug-likeness (QED) is 0.292. The van der Waals surface area contributed by atoms with Gasteiger partial charge in [-0.3, -0.25) is 19.0 Å². The summed E-state index contributed by atoms with van der Waals surface area (Å²) in [5.74, 6) is 1.00. The Bertz CT molecular complexity index is 1730. The summed E-state index contributed by atoms with van der Waals surface area (Å²) in [5.41, 5.74) is 1.76. The van der Waals surface area contributed by atoms with Crippen LogP contribution in [0.3, 0.4) is 0 Å². The van der Waals surface area contributed by atoms with Gasteiger partial charge in [0.05, 0.1) is 44.1 Å². The Morgan fingerprint density at radius 2 is 1.92 bits per heavy atom. The average Bonchev–Trinajstić information content (AvgIpc) is 3.63. The fourth-order valence-electron chi connectivity index (χ4n) is 4.24. The number of nitrogens with one attached hydrogen (secondary N) is 1. The first kappa shape index (κ1) is 25.0. The van der Waals surface area contributed by atoms with Gasteiger partial charge < -0.3 is 14.5 Å². The van der Waals surface area contributed by atoms with Gasteiger partial charge in [-0.25, -0.2) is 9.36 Å². The minimum absolute atomic E-state index is 0.102. The van der Waals surface area contributed by atoms with Gasteiger partial charge in [0.1, 0.15) is 22.5 Å². The third-order valence-electron chi connectivity index (χ3n) is 6.12. The molecule has 3 aromatic heterocycles. The van der Waals surface area contributed by atoms with E-state index in [-0.39, 0.29) is 18.9 Å². The van der Waals surface area contributed by atoms with Crippen molar-refractivity contribution in [2.24, 2.45) is 0 Å². The van der Waals surface area contributed by atoms with Crippen molar-refractivity contribution in [2.45, 2.75) is 19.5 Å². The summed E-state index contributed by atoms with van der Waals surface area (Å²) in [6, 6.07) is 17.0. The lowest BCUT2D eigenvalue weighted by molar-refractivity contribution is -0.120. The second-order valence-corrected chi connectivity index (χ2v) is 9.45. The summed E-state index contributed by atoms with van der Waals surface area (Å²) in [4.78, 5) is 50.6. The Morgan fingerprint density at radius 3 is 2.63 bits per heavy atom. The molecule has 1 amide bonds. The van der Waals surface area contributed by atoms with Crippen molar-refractivity contribution in [1.82, 2.24) is 14.5 Å². The van der Waals surface area contributed by atoms with Gasteiger partial charge in [-0.1, -0.05) is 12.1 Å². The smallest absolute Gasteiger partial charge is 0.336 e. The van der Waals surface area contributed by atoms with Crippen LogP contribution < -0.4 is 21.3 Å². The lowest BCUT2D eigenvalue weighted by Gasteiger charge is -2.15. The summed E-state index contributed by atoms with van der Waals surface area (Å²) >= 11 is 1.25. The van der Waals surface area contributed by atoms with E-state index in [1.807, 2.05) is 0 Å². The lowest BCUT2D eigenvalue weighted by Crippen LogP contribution is -2.38. The van der Waals surface area contributed by atoms with Crippen molar-refractivity contribution < 1.29 is 18.7 Å². The molecule has 0 saturated heterocycles. The zero-order valence-corrected chi connectivity index (χ0v) is 21.2. The SMILES string of the molecule is COc1ccc(C=O)cc1Cn1c(=O)n(-c2ccc(CC(=O)NCc3ccco3)cc2)c(=O)c2sccc21. The molecule has 0 fully saturated rings. The van der Waals surface area contributed by atoms with Gasteiger partial charge in [0.15, 0.2) is 0 Å². The van der Waals surface area contributed by atoms with E-state index < -0.39 is 11.2 Å². The highest BCUT2D eigenvalue weighted by Gasteiger charge is 2.18. The third-order valence-corrected chi connectivity index (χ3v) is 7.01. The number of rotatable bonds is 9. The molecule has 0 aliphatic carbocycles. The predicted octanol–water partition coefficient (Wildman–Crippen LogP) is 3.54. The van der Waals surface area contributed by atoms with E-state index in [4.69, 9.17) is 9.15 Å². The molecule has 9 nitrogen and oxygen atoms in total. The monoisotopic (exact) mass is 529 g/mol. The van der Waals surface area contributed by atoms with Crippen molar-refractivity contribution >= 4 is 33.7 Å². The molecule has 0 radical (unpaired) electrons. The lowest BCUT2D eigenvalue weighted by atomic mass is 10.1. The highest BCUT2D eigenvalue weighted by molar-refractivity contribution is 7.17. The number of methoxy groups -OCH3 is 1. The molecule has 5 aromatic rings. The predicted molar refractivity (Wildman–Crippen MR) is 143 cm³/mol. The van der Waals surface area contributed by atoms with Crippen LogP contribution in [0, 0.1) is 0 Å². The normalized spacial score (nSPS) is 11.0. The Balaban J connectivity index is 1.47. The highest BCUT2D eigenvalue weighted by atomic mass is 32.1. The maximum Gasteiger partial charge on any atom is 0.336 e. The molecule has 0 atom stereocenters. The topological polar surface area (TPSA) is 113 Å². The molecule has 3 heterocycles. The second kappa shape index (κ2) is 10.7. The summed E-state index contributed by atoms with van der Waals surface area (Å²) in [5, 5.41) is 4.55. The van der Waals surface area contributed by atoms with E-state index in [2.05, 4.69) is 5.32 Å². The molecule has 5 rings (SSSR count). The maximum atomic E-state index is 13.7. The molecule has 192 valence electrons. The molecule has 10 heteroatoms. The summed E-state index contributed by atoms with van der Waals surface area (Å²) in [7, 11) is 1.52. The molecule has 0 aliphatic rings. The zero-order chi connectivity index (χ0) is 26.6. The van der Waals surface area contributed by atoms with Gasteiger partial charge >= 0.3 is 5.69 Å². The fraction of sp³-hybridized carbons (Fsp3) is 0.143. The molecule has 2 aromatic carbocycles. The maximum absolute atomic E-state index is 13.7. The minimum Gasteiger partial charge on any atom is -0.496 e. The first-order chi connectivity index (χ1) is 18.5. The molecule has 0 saturated carbocycles. The van der Waals surface area contributed by atoms with E-state index in [1.165, 1.54) is 23.0 Å². The number of furan rings is 1. The van der Waals surface area contributed by atoms with Gasteiger partial charge in [-0.2, -0.15) is 0 Å². The molecule has 1 N–H and O–H groups in total. The van der Waals surface area contributed by atoms with Crippen molar-refractivity contribution in [3.63, 3.8) is 0 Å². The Hall–Kier alpha value is -4.70. The largest absolute Gasteiger partial charge is 0.496 e. The number of amides is 1. The van der Waals surface area contributed by atoms with Crippen LogP contribution in [0.1, 0.15) is 27.2 Å². The van der Waals surface area contributed by atoms with Crippen LogP contribution in [0.4, 0.5) is 0 Å². The van der Waals surface area contributed by atoms with Crippen LogP contribution >= 0.6 is 11.3 Å². The number of aldehydes is 1. The van der Waals surface area contributed by atoms with Gasteiger partial charge in [0, 0.05) is 11.1 Å². The van der Waals surface area contributed by atoms with Gasteiger partial charge in [-0.05, 0) is 59.5 Å². The second-order valence-electron chi connectivity index (χ2n) is 8.53. The van der Waals surface area contributed by atoms with Crippen LogP contribution in [0.25, 0.3) is 15.9 Å². The molecular formula is C28H23N3O6S. The summed E-state index contributed by atoms with van der Waals surface area (Å²) in [6.45, 7) is 0.394. The van der Waals surface area contributed by atoms with Crippen molar-refractivity contribution in [2.75, 3.05) is 7.11 Å². The third kappa shape index (κ3) is 4.94. The average molecular weight is 530 g/mol. The number of carbonyl (C=O) groups is 2. The first-order valence-electron chi connectivity index (χ1n) is 11.7. The molecule has 0 aliphatic heterocycles. The molecule has 0 unspecified atom stereocenters. The Morgan fingerprint density at radius 1 is 1.11 bits per heavy atom. The Kier molecular flexibility index (Phi) is 7.05. The van der Waals surface area contributed by atoms with Crippen LogP contribution in [-0.2, 0) is 24.3 Å². The molecule has 0 bridgehead atoms. The fourth-order valence-corrected chi connectivity index (χ4v) is 5.07. The van der Waals surface area contributed by atoms with Crippen molar-refractivity contribution in [3.8, 4) is 11.4 Å². The van der Waals surface area contributed by atoms with Crippen molar-refractivity contribution in [3.05, 3.63) is 116 Å². The summed E-state index contributed by atoms with van der Waals surface area (Å²) in [6.07, 6.45) is 2.41. The molecule has 38 heavy (non-hydrogen) atoms. The number of carbonyl (C=O) groups excluding carboxylic acids is 2. The Labute approximate surface area is 220 Å². The number of fused-ring (bicyclic) bond motifs is 1. The number of ether oxygens (including phenoxy) is 1. The van der Waals surface area contributed by atoms with Crippen molar-refractivity contribution in [1.29, 1.82) is 0 Å². The highest BCUT2D eigenvalue weighted by Crippen LogP contribution is 2.23. The first-order valence-corrected chi connectivity index (χ1v) is 12.6. The number of thiophene rings is 1. The summed E-state index contributed by atoms with van der Waals surface area (Å²) < 4.78 is 13.7. The van der Waals surface area contributed by atoms with E-state index in [0.717, 1.165) is 16.4 Å². The van der Waals surface area contributed by atoms with Crippen LogP contribution in [-0.4, -0.2) is 28.4 Å². The number of benzene rings is 2. The number of aromatic nitrogens is 2. The number of nitrogens with zero attached hydrogens (tertiary/aromatic N) is 2. The van der Waals surface area contributed by atoms with Crippen LogP contribution in [0.2, 0.25) is 0 Å². The van der Waals surface area contributed by atoms with Gasteiger partial charge in [-0.15, -0.1) is 11.3 Å². The zero-order valence-electron chi connectivity index (χ0n) is 20.4. The van der Waals surface area contributed by atoms with E-state index in [9.17, 15) is 19.2 Å².